The van der Waals surface area contributed by atoms with E-state index in [-0.39, 0.29) is 11.2 Å². The lowest BCUT2D eigenvalue weighted by Crippen LogP contribution is -2.33. The zero-order valence-corrected chi connectivity index (χ0v) is 15.1. The average molecular weight is 346 g/mol. The Balaban J connectivity index is 2.01. The number of Topliss-reactive ketones (excluding diaryl/α,β-unsaturated/α-hetero) is 1. The van der Waals surface area contributed by atoms with E-state index in [9.17, 15) is 13.2 Å². The van der Waals surface area contributed by atoms with Gasteiger partial charge in [0.05, 0.1) is 17.6 Å². The number of carbonyl (C=O) groups is 1. The Morgan fingerprint density at radius 1 is 1.17 bits per heavy atom. The molecule has 0 unspecified atom stereocenters. The van der Waals surface area contributed by atoms with Gasteiger partial charge in [-0.2, -0.15) is 0 Å². The van der Waals surface area contributed by atoms with Gasteiger partial charge in [-0.3, -0.25) is 9.10 Å². The molecular formula is C18H22N2O3S. The van der Waals surface area contributed by atoms with Gasteiger partial charge in [-0.15, -0.1) is 0 Å². The van der Waals surface area contributed by atoms with Gasteiger partial charge < -0.3 is 4.98 Å². The van der Waals surface area contributed by atoms with Gasteiger partial charge in [-0.1, -0.05) is 13.8 Å². The number of aromatic amines is 1. The zero-order chi connectivity index (χ0) is 17.3. The first-order chi connectivity index (χ1) is 11.2. The Hall–Kier alpha value is -1.82. The Labute approximate surface area is 142 Å². The predicted molar refractivity (Wildman–Crippen MR) is 95.4 cm³/mol. The number of carbonyl (C=O) groups excluding carboxylic acids is 1. The highest BCUT2D eigenvalue weighted by Gasteiger charge is 2.40. The van der Waals surface area contributed by atoms with E-state index in [0.29, 0.717) is 13.0 Å². The highest BCUT2D eigenvalue weighted by molar-refractivity contribution is 7.92. The summed E-state index contributed by atoms with van der Waals surface area (Å²) >= 11 is 0. The molecule has 2 heterocycles. The molecule has 4 rings (SSSR count). The number of hydrogen-bond acceptors (Lipinski definition) is 3. The lowest BCUT2D eigenvalue weighted by atomic mass is 9.86. The second kappa shape index (κ2) is 4.85. The normalized spacial score (nSPS) is 20.1. The van der Waals surface area contributed by atoms with E-state index < -0.39 is 10.0 Å². The molecule has 0 atom stereocenters. The van der Waals surface area contributed by atoms with Crippen LogP contribution in [0.25, 0.3) is 10.9 Å². The van der Waals surface area contributed by atoms with E-state index in [1.54, 1.807) is 0 Å². The summed E-state index contributed by atoms with van der Waals surface area (Å²) in [5.41, 5.74) is 4.23. The Morgan fingerprint density at radius 3 is 2.58 bits per heavy atom. The van der Waals surface area contributed by atoms with Gasteiger partial charge in [0.2, 0.25) is 10.0 Å². The summed E-state index contributed by atoms with van der Waals surface area (Å²) in [6.45, 7) is 4.57. The molecule has 6 heteroatoms. The molecule has 1 N–H and O–H groups in total. The highest BCUT2D eigenvalue weighted by Crippen LogP contribution is 2.45. The van der Waals surface area contributed by atoms with Crippen molar-refractivity contribution in [2.24, 2.45) is 0 Å². The second-order valence-electron chi connectivity index (χ2n) is 7.68. The standard InChI is InChI=1S/C18H22N2O3S/c1-18(2)10-20(24(3,22)23)15-8-12-11-6-4-5-7-16(21)17(11)19-14(12)9-13(15)18/h8-9,19H,4-7,10H2,1-3H3. The van der Waals surface area contributed by atoms with Crippen molar-refractivity contribution in [1.29, 1.82) is 0 Å². The molecule has 128 valence electrons. The number of rotatable bonds is 1. The number of nitrogens with one attached hydrogen (secondary N) is 1. The van der Waals surface area contributed by atoms with Crippen molar-refractivity contribution in [2.45, 2.75) is 44.9 Å². The summed E-state index contributed by atoms with van der Waals surface area (Å²) in [4.78, 5) is 15.7. The molecule has 0 spiro atoms. The molecule has 1 aliphatic carbocycles. The third-order valence-electron chi connectivity index (χ3n) is 5.32. The van der Waals surface area contributed by atoms with Crippen LogP contribution in [0.5, 0.6) is 0 Å². The van der Waals surface area contributed by atoms with Gasteiger partial charge in [-0.05, 0) is 42.5 Å². The van der Waals surface area contributed by atoms with Crippen LogP contribution in [-0.2, 0) is 21.9 Å². The van der Waals surface area contributed by atoms with Crippen molar-refractivity contribution in [3.05, 3.63) is 29.0 Å². The lowest BCUT2D eigenvalue weighted by Gasteiger charge is -2.20. The summed E-state index contributed by atoms with van der Waals surface area (Å²) in [6.07, 6.45) is 4.60. The van der Waals surface area contributed by atoms with Crippen LogP contribution in [0.4, 0.5) is 5.69 Å². The summed E-state index contributed by atoms with van der Waals surface area (Å²) in [5.74, 6) is 0.165. The maximum Gasteiger partial charge on any atom is 0.232 e. The maximum atomic E-state index is 12.3. The van der Waals surface area contributed by atoms with Crippen molar-refractivity contribution in [3.63, 3.8) is 0 Å². The summed E-state index contributed by atoms with van der Waals surface area (Å²) in [7, 11) is -3.32. The predicted octanol–water partition coefficient (Wildman–Crippen LogP) is 3.13. The van der Waals surface area contributed by atoms with Gasteiger partial charge in [0.25, 0.3) is 0 Å². The maximum absolute atomic E-state index is 12.3. The van der Waals surface area contributed by atoms with E-state index in [2.05, 4.69) is 18.8 Å². The third kappa shape index (κ3) is 2.19. The third-order valence-corrected chi connectivity index (χ3v) is 6.45. The molecule has 2 aromatic rings. The summed E-state index contributed by atoms with van der Waals surface area (Å²) < 4.78 is 25.9. The van der Waals surface area contributed by atoms with Crippen LogP contribution >= 0.6 is 0 Å². The number of anilines is 1. The number of nitrogens with zero attached hydrogens (tertiary/aromatic N) is 1. The molecule has 2 aliphatic rings. The number of H-pyrrole nitrogens is 1. The number of aromatic nitrogens is 1. The molecule has 0 fully saturated rings. The van der Waals surface area contributed by atoms with Gasteiger partial charge >= 0.3 is 0 Å². The smallest absolute Gasteiger partial charge is 0.232 e. The Kier molecular flexibility index (Phi) is 3.17. The molecular weight excluding hydrogens is 324 g/mol. The molecule has 0 radical (unpaired) electrons. The van der Waals surface area contributed by atoms with Gasteiger partial charge in [-0.25, -0.2) is 8.42 Å². The van der Waals surface area contributed by atoms with Gasteiger partial charge in [0.1, 0.15) is 0 Å². The van der Waals surface area contributed by atoms with Crippen molar-refractivity contribution < 1.29 is 13.2 Å². The SMILES string of the molecule is CC1(C)CN(S(C)(=O)=O)c2cc3c4c([nH]c3cc21)C(=O)CCCC4. The number of fused-ring (bicyclic) bond motifs is 4. The van der Waals surface area contributed by atoms with E-state index in [1.165, 1.54) is 10.6 Å². The number of benzene rings is 1. The monoisotopic (exact) mass is 346 g/mol. The first kappa shape index (κ1) is 15.7. The van der Waals surface area contributed by atoms with E-state index in [0.717, 1.165) is 52.7 Å². The van der Waals surface area contributed by atoms with E-state index in [4.69, 9.17) is 0 Å². The molecule has 5 nitrogen and oxygen atoms in total. The highest BCUT2D eigenvalue weighted by atomic mass is 32.2. The molecule has 0 amide bonds. The molecule has 1 aliphatic heterocycles. The average Bonchev–Trinajstić information content (AvgIpc) is 2.90. The van der Waals surface area contributed by atoms with E-state index in [1.807, 2.05) is 12.1 Å². The van der Waals surface area contributed by atoms with Crippen molar-refractivity contribution in [1.82, 2.24) is 4.98 Å². The number of aryl methyl sites for hydroxylation is 1. The topological polar surface area (TPSA) is 70.2 Å². The fourth-order valence-electron chi connectivity index (χ4n) is 4.07. The van der Waals surface area contributed by atoms with Crippen LogP contribution in [0.1, 0.15) is 54.7 Å². The van der Waals surface area contributed by atoms with Crippen LogP contribution in [0.3, 0.4) is 0 Å². The number of hydrogen-bond donors (Lipinski definition) is 1. The molecule has 0 bridgehead atoms. The minimum Gasteiger partial charge on any atom is -0.352 e. The van der Waals surface area contributed by atoms with Crippen molar-refractivity contribution in [3.8, 4) is 0 Å². The minimum absolute atomic E-state index is 0.165. The lowest BCUT2D eigenvalue weighted by molar-refractivity contribution is 0.0978. The van der Waals surface area contributed by atoms with Gasteiger partial charge in [0.15, 0.2) is 5.78 Å². The van der Waals surface area contributed by atoms with Crippen molar-refractivity contribution >= 4 is 32.4 Å². The second-order valence-corrected chi connectivity index (χ2v) is 9.58. The summed E-state index contributed by atoms with van der Waals surface area (Å²) in [6, 6.07) is 4.01. The van der Waals surface area contributed by atoms with Crippen LogP contribution in [0.2, 0.25) is 0 Å². The fourth-order valence-corrected chi connectivity index (χ4v) is 5.14. The number of ketones is 1. The minimum atomic E-state index is -3.32. The molecule has 24 heavy (non-hydrogen) atoms. The molecule has 1 aromatic carbocycles. The summed E-state index contributed by atoms with van der Waals surface area (Å²) in [5, 5.41) is 0.991. The Bertz CT molecular complexity index is 970. The first-order valence-electron chi connectivity index (χ1n) is 8.38. The quantitative estimate of drug-likeness (QED) is 0.807. The zero-order valence-electron chi connectivity index (χ0n) is 14.3. The van der Waals surface area contributed by atoms with Gasteiger partial charge in [0, 0.05) is 29.3 Å². The molecule has 1 aromatic heterocycles. The molecule has 0 saturated heterocycles. The first-order valence-corrected chi connectivity index (χ1v) is 10.2. The van der Waals surface area contributed by atoms with Crippen LogP contribution in [-0.4, -0.2) is 32.0 Å². The van der Waals surface area contributed by atoms with Crippen molar-refractivity contribution in [2.75, 3.05) is 17.1 Å². The number of sulfonamides is 1. The van der Waals surface area contributed by atoms with Crippen LogP contribution in [0.15, 0.2) is 12.1 Å². The Morgan fingerprint density at radius 2 is 1.88 bits per heavy atom. The largest absolute Gasteiger partial charge is 0.352 e. The van der Waals surface area contributed by atoms with E-state index >= 15 is 0 Å². The molecule has 0 saturated carbocycles. The van der Waals surface area contributed by atoms with Crippen LogP contribution < -0.4 is 4.31 Å². The fraction of sp³-hybridized carbons (Fsp3) is 0.500. The van der Waals surface area contributed by atoms with Crippen LogP contribution in [0, 0.1) is 0 Å².